The van der Waals surface area contributed by atoms with Gasteiger partial charge in [0.1, 0.15) is 0 Å². The normalized spacial score (nSPS) is 20.8. The summed E-state index contributed by atoms with van der Waals surface area (Å²) in [7, 11) is 0. The zero-order valence-corrected chi connectivity index (χ0v) is 13.2. The number of hydrogen-bond donors (Lipinski definition) is 2. The molecule has 2 amide bonds. The Morgan fingerprint density at radius 3 is 2.10 bits per heavy atom. The molecule has 4 N–H and O–H groups in total. The number of hydrogen-bond acceptors (Lipinski definition) is 2. The molecule has 1 saturated carbocycles. The van der Waals surface area contributed by atoms with Gasteiger partial charge in [-0.2, -0.15) is 0 Å². The van der Waals surface area contributed by atoms with Gasteiger partial charge in [0.15, 0.2) is 0 Å². The Hall–Kier alpha value is -1.06. The van der Waals surface area contributed by atoms with Crippen LogP contribution < -0.4 is 11.5 Å². The minimum absolute atomic E-state index is 0.214. The SMILES string of the molecule is CCCC(C(N)=O)C(CC(C)C)(C(N)=O)C1CCCC1. The second-order valence-corrected chi connectivity index (χ2v) is 6.73. The Bertz CT molecular complexity index is 348. The standard InChI is InChI=1S/C16H30N2O2/c1-4-7-13(14(17)19)16(15(18)20,10-11(2)3)12-8-5-6-9-12/h11-13H,4-10H2,1-3H3,(H2,17,19)(H2,18,20). The molecule has 1 aliphatic rings. The van der Waals surface area contributed by atoms with Crippen molar-refractivity contribution in [1.29, 1.82) is 0 Å². The molecule has 0 bridgehead atoms. The van der Waals surface area contributed by atoms with E-state index in [0.717, 1.165) is 32.1 Å². The molecular weight excluding hydrogens is 252 g/mol. The first-order valence-electron chi connectivity index (χ1n) is 7.95. The quantitative estimate of drug-likeness (QED) is 0.717. The third-order valence-electron chi connectivity index (χ3n) is 4.83. The van der Waals surface area contributed by atoms with Gasteiger partial charge in [-0.3, -0.25) is 9.59 Å². The fraction of sp³-hybridized carbons (Fsp3) is 0.875. The second kappa shape index (κ2) is 7.09. The van der Waals surface area contributed by atoms with Crippen molar-refractivity contribution < 1.29 is 9.59 Å². The van der Waals surface area contributed by atoms with Crippen LogP contribution in [-0.4, -0.2) is 11.8 Å². The van der Waals surface area contributed by atoms with Gasteiger partial charge < -0.3 is 11.5 Å². The second-order valence-electron chi connectivity index (χ2n) is 6.73. The van der Waals surface area contributed by atoms with Gasteiger partial charge in [-0.15, -0.1) is 0 Å². The van der Waals surface area contributed by atoms with Gasteiger partial charge >= 0.3 is 0 Å². The Balaban J connectivity index is 3.25. The van der Waals surface area contributed by atoms with Crippen molar-refractivity contribution in [2.75, 3.05) is 0 Å². The maximum Gasteiger partial charge on any atom is 0.224 e. The summed E-state index contributed by atoms with van der Waals surface area (Å²) in [6, 6.07) is 0. The van der Waals surface area contributed by atoms with E-state index in [2.05, 4.69) is 13.8 Å². The summed E-state index contributed by atoms with van der Waals surface area (Å²) in [5.74, 6) is -0.572. The summed E-state index contributed by atoms with van der Waals surface area (Å²) in [6.45, 7) is 6.18. The minimum Gasteiger partial charge on any atom is -0.369 e. The lowest BCUT2D eigenvalue weighted by molar-refractivity contribution is -0.145. The number of primary amides is 2. The Labute approximate surface area is 122 Å². The molecule has 1 aliphatic carbocycles. The van der Waals surface area contributed by atoms with Crippen LogP contribution in [0.2, 0.25) is 0 Å². The van der Waals surface area contributed by atoms with E-state index in [0.29, 0.717) is 18.8 Å². The number of carbonyl (C=O) groups excluding carboxylic acids is 2. The van der Waals surface area contributed by atoms with Gasteiger partial charge in [-0.05, 0) is 37.5 Å². The van der Waals surface area contributed by atoms with Gasteiger partial charge in [0.25, 0.3) is 0 Å². The molecule has 20 heavy (non-hydrogen) atoms. The van der Waals surface area contributed by atoms with E-state index in [-0.39, 0.29) is 17.7 Å². The van der Waals surface area contributed by atoms with Gasteiger partial charge in [-0.25, -0.2) is 0 Å². The molecule has 116 valence electrons. The molecule has 1 fully saturated rings. The zero-order valence-electron chi connectivity index (χ0n) is 13.2. The van der Waals surface area contributed by atoms with Crippen LogP contribution in [0.5, 0.6) is 0 Å². The van der Waals surface area contributed by atoms with Crippen LogP contribution in [0.15, 0.2) is 0 Å². The van der Waals surface area contributed by atoms with Crippen LogP contribution in [0.4, 0.5) is 0 Å². The van der Waals surface area contributed by atoms with Crippen molar-refractivity contribution in [3.05, 3.63) is 0 Å². The Morgan fingerprint density at radius 2 is 1.75 bits per heavy atom. The molecule has 0 radical (unpaired) electrons. The highest BCUT2D eigenvalue weighted by atomic mass is 16.2. The lowest BCUT2D eigenvalue weighted by atomic mass is 9.60. The third kappa shape index (κ3) is 3.33. The van der Waals surface area contributed by atoms with Crippen molar-refractivity contribution in [1.82, 2.24) is 0 Å². The Kier molecular flexibility index (Phi) is 6.03. The molecule has 2 atom stereocenters. The molecule has 4 nitrogen and oxygen atoms in total. The summed E-state index contributed by atoms with van der Waals surface area (Å²) in [6.07, 6.45) is 6.38. The molecule has 1 rings (SSSR count). The van der Waals surface area contributed by atoms with Gasteiger partial charge in [0, 0.05) is 0 Å². The van der Waals surface area contributed by atoms with E-state index in [1.54, 1.807) is 0 Å². The number of nitrogens with two attached hydrogens (primary N) is 2. The van der Waals surface area contributed by atoms with Gasteiger partial charge in [0.05, 0.1) is 11.3 Å². The lowest BCUT2D eigenvalue weighted by Gasteiger charge is -2.42. The summed E-state index contributed by atoms with van der Waals surface area (Å²) >= 11 is 0. The molecule has 0 spiro atoms. The average Bonchev–Trinajstić information content (AvgIpc) is 2.86. The highest BCUT2D eigenvalue weighted by molar-refractivity contribution is 5.89. The van der Waals surface area contributed by atoms with Crippen LogP contribution >= 0.6 is 0 Å². The smallest absolute Gasteiger partial charge is 0.224 e. The summed E-state index contributed by atoms with van der Waals surface area (Å²) in [4.78, 5) is 24.4. The predicted octanol–water partition coefficient (Wildman–Crippen LogP) is 2.60. The maximum absolute atomic E-state index is 12.4. The first-order valence-corrected chi connectivity index (χ1v) is 7.95. The monoisotopic (exact) mass is 282 g/mol. The first kappa shape index (κ1) is 17.0. The van der Waals surface area contributed by atoms with Crippen LogP contribution in [0.25, 0.3) is 0 Å². The summed E-state index contributed by atoms with van der Waals surface area (Å²) in [5.41, 5.74) is 10.7. The number of amides is 2. The van der Waals surface area contributed by atoms with Gasteiger partial charge in [0.2, 0.25) is 11.8 Å². The Morgan fingerprint density at radius 1 is 1.20 bits per heavy atom. The first-order chi connectivity index (χ1) is 9.36. The predicted molar refractivity (Wildman–Crippen MR) is 80.6 cm³/mol. The van der Waals surface area contributed by atoms with Gasteiger partial charge in [-0.1, -0.05) is 40.0 Å². The van der Waals surface area contributed by atoms with Crippen molar-refractivity contribution in [3.63, 3.8) is 0 Å². The molecule has 4 heteroatoms. The fourth-order valence-electron chi connectivity index (χ4n) is 4.13. The summed E-state index contributed by atoms with van der Waals surface area (Å²) < 4.78 is 0. The van der Waals surface area contributed by atoms with Crippen LogP contribution in [0.1, 0.15) is 65.7 Å². The number of rotatable bonds is 8. The van der Waals surface area contributed by atoms with E-state index in [9.17, 15) is 9.59 Å². The molecule has 0 aliphatic heterocycles. The highest BCUT2D eigenvalue weighted by Gasteiger charge is 2.52. The topological polar surface area (TPSA) is 86.2 Å². The lowest BCUT2D eigenvalue weighted by Crippen LogP contribution is -2.53. The van der Waals surface area contributed by atoms with E-state index >= 15 is 0 Å². The van der Waals surface area contributed by atoms with E-state index in [1.807, 2.05) is 6.92 Å². The van der Waals surface area contributed by atoms with Crippen LogP contribution in [0.3, 0.4) is 0 Å². The van der Waals surface area contributed by atoms with E-state index in [1.165, 1.54) is 0 Å². The van der Waals surface area contributed by atoms with Crippen molar-refractivity contribution in [2.45, 2.75) is 65.7 Å². The molecule has 0 aromatic heterocycles. The number of carbonyl (C=O) groups is 2. The zero-order chi connectivity index (χ0) is 15.3. The largest absolute Gasteiger partial charge is 0.369 e. The van der Waals surface area contributed by atoms with E-state index < -0.39 is 11.3 Å². The average molecular weight is 282 g/mol. The third-order valence-corrected chi connectivity index (χ3v) is 4.83. The van der Waals surface area contributed by atoms with Crippen molar-refractivity contribution in [2.24, 2.45) is 34.6 Å². The summed E-state index contributed by atoms with van der Waals surface area (Å²) in [5, 5.41) is 0. The molecule has 0 heterocycles. The molecule has 0 aromatic carbocycles. The molecular formula is C16H30N2O2. The fourth-order valence-corrected chi connectivity index (χ4v) is 4.13. The van der Waals surface area contributed by atoms with E-state index in [4.69, 9.17) is 11.5 Å². The minimum atomic E-state index is -0.744. The maximum atomic E-state index is 12.4. The van der Waals surface area contributed by atoms with Crippen molar-refractivity contribution >= 4 is 11.8 Å². The molecule has 0 saturated heterocycles. The van der Waals surface area contributed by atoms with Crippen LogP contribution in [0, 0.1) is 23.2 Å². The van der Waals surface area contributed by atoms with Crippen LogP contribution in [-0.2, 0) is 9.59 Å². The highest BCUT2D eigenvalue weighted by Crippen LogP contribution is 2.50. The molecule has 2 unspecified atom stereocenters. The van der Waals surface area contributed by atoms with Crippen molar-refractivity contribution in [3.8, 4) is 0 Å². The molecule has 0 aromatic rings.